The maximum atomic E-state index is 12.9. The van der Waals surface area contributed by atoms with E-state index in [2.05, 4.69) is 0 Å². The standard InChI is InChI=1S/C22H22ClNO5/c1-11-3-4-14(23)13(7-11)19-9-18(28)21-17(27)8-16(26)20(22(21)29-19)12-5-6-24(2)15(12)10-25/h3-4,7-9,12,15,25-27H,5-6,10H2,1-2H3/t12?,15-/m1/s1. The van der Waals surface area contributed by atoms with Gasteiger partial charge in [-0.2, -0.15) is 0 Å². The molecule has 4 rings (SSSR count). The maximum Gasteiger partial charge on any atom is 0.197 e. The fourth-order valence-electron chi connectivity index (χ4n) is 4.25. The number of fused-ring (bicyclic) bond motifs is 1. The summed E-state index contributed by atoms with van der Waals surface area (Å²) in [5.41, 5.74) is 1.63. The van der Waals surface area contributed by atoms with Crippen molar-refractivity contribution in [3.05, 3.63) is 56.7 Å². The largest absolute Gasteiger partial charge is 0.507 e. The second kappa shape index (κ2) is 7.37. The van der Waals surface area contributed by atoms with Crippen molar-refractivity contribution in [2.45, 2.75) is 25.3 Å². The van der Waals surface area contributed by atoms with Crippen LogP contribution in [-0.2, 0) is 0 Å². The van der Waals surface area contributed by atoms with E-state index in [0.717, 1.165) is 12.1 Å². The minimum absolute atomic E-state index is 0.0107. The molecule has 7 heteroatoms. The maximum absolute atomic E-state index is 12.9. The summed E-state index contributed by atoms with van der Waals surface area (Å²) in [5, 5.41) is 31.3. The molecule has 2 heterocycles. The molecule has 2 atom stereocenters. The van der Waals surface area contributed by atoms with Crippen LogP contribution in [0.1, 0.15) is 23.5 Å². The number of likely N-dealkylation sites (N-methyl/N-ethyl adjacent to an activating group) is 1. The molecule has 1 aliphatic rings. The molecule has 0 radical (unpaired) electrons. The molecular formula is C22H22ClNO5. The number of likely N-dealkylation sites (tertiary alicyclic amines) is 1. The number of aryl methyl sites for hydroxylation is 1. The predicted molar refractivity (Wildman–Crippen MR) is 112 cm³/mol. The van der Waals surface area contributed by atoms with E-state index in [1.807, 2.05) is 31.0 Å². The van der Waals surface area contributed by atoms with Gasteiger partial charge in [0.2, 0.25) is 0 Å². The van der Waals surface area contributed by atoms with Gasteiger partial charge in [-0.05, 0) is 39.1 Å². The highest BCUT2D eigenvalue weighted by Crippen LogP contribution is 2.44. The number of hydrogen-bond acceptors (Lipinski definition) is 6. The molecule has 0 aliphatic carbocycles. The van der Waals surface area contributed by atoms with Crippen LogP contribution in [0.5, 0.6) is 11.5 Å². The van der Waals surface area contributed by atoms with E-state index < -0.39 is 5.43 Å². The number of aliphatic hydroxyl groups excluding tert-OH is 1. The number of aromatic hydroxyl groups is 2. The van der Waals surface area contributed by atoms with Crippen LogP contribution in [0.15, 0.2) is 39.5 Å². The summed E-state index contributed by atoms with van der Waals surface area (Å²) in [5.74, 6) is -0.498. The van der Waals surface area contributed by atoms with E-state index in [1.54, 1.807) is 6.07 Å². The van der Waals surface area contributed by atoms with Gasteiger partial charge >= 0.3 is 0 Å². The Morgan fingerprint density at radius 2 is 1.97 bits per heavy atom. The Morgan fingerprint density at radius 1 is 1.21 bits per heavy atom. The third-order valence-electron chi connectivity index (χ3n) is 5.77. The van der Waals surface area contributed by atoms with E-state index >= 15 is 0 Å². The highest BCUT2D eigenvalue weighted by atomic mass is 35.5. The molecule has 1 unspecified atom stereocenters. The van der Waals surface area contributed by atoms with Gasteiger partial charge in [-0.25, -0.2) is 0 Å². The van der Waals surface area contributed by atoms with Gasteiger partial charge in [0.1, 0.15) is 28.2 Å². The van der Waals surface area contributed by atoms with Gasteiger partial charge in [-0.1, -0.05) is 23.2 Å². The lowest BCUT2D eigenvalue weighted by atomic mass is 9.89. The van der Waals surface area contributed by atoms with E-state index in [0.29, 0.717) is 22.6 Å². The normalized spacial score (nSPS) is 19.9. The average molecular weight is 416 g/mol. The molecule has 0 bridgehead atoms. The zero-order valence-electron chi connectivity index (χ0n) is 16.1. The van der Waals surface area contributed by atoms with Gasteiger partial charge in [0.05, 0.1) is 11.6 Å². The highest BCUT2D eigenvalue weighted by molar-refractivity contribution is 6.33. The van der Waals surface area contributed by atoms with Crippen LogP contribution in [0.2, 0.25) is 5.02 Å². The summed E-state index contributed by atoms with van der Waals surface area (Å²) in [7, 11) is 1.90. The monoisotopic (exact) mass is 415 g/mol. The Kier molecular flexibility index (Phi) is 5.02. The summed E-state index contributed by atoms with van der Waals surface area (Å²) in [6, 6.07) is 7.63. The highest BCUT2D eigenvalue weighted by Gasteiger charge is 2.36. The Morgan fingerprint density at radius 3 is 2.69 bits per heavy atom. The molecule has 0 amide bonds. The summed E-state index contributed by atoms with van der Waals surface area (Å²) in [4.78, 5) is 14.9. The average Bonchev–Trinajstić information content (AvgIpc) is 3.03. The van der Waals surface area contributed by atoms with Crippen molar-refractivity contribution in [3.63, 3.8) is 0 Å². The Bertz CT molecular complexity index is 1160. The zero-order chi connectivity index (χ0) is 20.9. The van der Waals surface area contributed by atoms with E-state index in [4.69, 9.17) is 16.0 Å². The lowest BCUT2D eigenvalue weighted by Crippen LogP contribution is -2.32. The van der Waals surface area contributed by atoms with Crippen LogP contribution >= 0.6 is 11.6 Å². The van der Waals surface area contributed by atoms with Crippen LogP contribution in [0.25, 0.3) is 22.3 Å². The smallest absolute Gasteiger partial charge is 0.197 e. The van der Waals surface area contributed by atoms with Crippen LogP contribution < -0.4 is 5.43 Å². The number of nitrogens with zero attached hydrogens (tertiary/aromatic N) is 1. The number of aliphatic hydroxyl groups is 1. The summed E-state index contributed by atoms with van der Waals surface area (Å²) in [6.07, 6.45) is 0.675. The minimum atomic E-state index is -0.426. The van der Waals surface area contributed by atoms with Crippen molar-refractivity contribution in [1.82, 2.24) is 4.90 Å². The molecule has 0 spiro atoms. The van der Waals surface area contributed by atoms with Crippen molar-refractivity contribution in [1.29, 1.82) is 0 Å². The minimum Gasteiger partial charge on any atom is -0.507 e. The second-order valence-corrected chi connectivity index (χ2v) is 8.02. The summed E-state index contributed by atoms with van der Waals surface area (Å²) >= 11 is 6.33. The number of halogens is 1. The van der Waals surface area contributed by atoms with E-state index in [-0.39, 0.29) is 46.8 Å². The summed E-state index contributed by atoms with van der Waals surface area (Å²) < 4.78 is 6.09. The number of phenols is 2. The molecule has 1 fully saturated rings. The molecule has 1 aliphatic heterocycles. The third kappa shape index (κ3) is 3.27. The van der Waals surface area contributed by atoms with E-state index in [9.17, 15) is 20.1 Å². The molecule has 0 saturated carbocycles. The van der Waals surface area contributed by atoms with Crippen molar-refractivity contribution in [2.75, 3.05) is 20.2 Å². The molecule has 6 nitrogen and oxygen atoms in total. The van der Waals surface area contributed by atoms with Crippen molar-refractivity contribution >= 4 is 22.6 Å². The number of rotatable bonds is 3. The Hall–Kier alpha value is -2.54. The first-order chi connectivity index (χ1) is 13.8. The fraction of sp³-hybridized carbons (Fsp3) is 0.318. The molecule has 152 valence electrons. The van der Waals surface area contributed by atoms with Crippen LogP contribution in [0.4, 0.5) is 0 Å². The number of hydrogen-bond donors (Lipinski definition) is 3. The molecule has 3 aromatic rings. The SMILES string of the molecule is Cc1ccc(Cl)c(-c2cc(=O)c3c(O)cc(O)c(C4CCN(C)[C@@H]4CO)c3o2)c1. The number of benzene rings is 2. The first-order valence-corrected chi connectivity index (χ1v) is 9.80. The fourth-order valence-corrected chi connectivity index (χ4v) is 4.46. The molecule has 3 N–H and O–H groups in total. The molecule has 2 aromatic carbocycles. The lowest BCUT2D eigenvalue weighted by Gasteiger charge is -2.24. The first-order valence-electron chi connectivity index (χ1n) is 9.42. The Balaban J connectivity index is 2.03. The summed E-state index contributed by atoms with van der Waals surface area (Å²) in [6.45, 7) is 2.53. The van der Waals surface area contributed by atoms with Gasteiger partial charge in [0, 0.05) is 35.2 Å². The quantitative estimate of drug-likeness (QED) is 0.605. The predicted octanol–water partition coefficient (Wildman–Crippen LogP) is 3.61. The van der Waals surface area contributed by atoms with Crippen molar-refractivity contribution in [3.8, 4) is 22.8 Å². The van der Waals surface area contributed by atoms with Gasteiger partial charge in [0.25, 0.3) is 0 Å². The second-order valence-electron chi connectivity index (χ2n) is 7.62. The third-order valence-corrected chi connectivity index (χ3v) is 6.10. The van der Waals surface area contributed by atoms with Crippen molar-refractivity contribution < 1.29 is 19.7 Å². The van der Waals surface area contributed by atoms with Crippen molar-refractivity contribution in [2.24, 2.45) is 0 Å². The molecular weight excluding hydrogens is 394 g/mol. The van der Waals surface area contributed by atoms with Crippen LogP contribution in [-0.4, -0.2) is 46.5 Å². The molecule has 29 heavy (non-hydrogen) atoms. The molecule has 1 aromatic heterocycles. The van der Waals surface area contributed by atoms with Crippen LogP contribution in [0, 0.1) is 6.92 Å². The number of phenolic OH excluding ortho intramolecular Hbond substituents is 2. The first kappa shape index (κ1) is 19.8. The molecule has 1 saturated heterocycles. The Labute approximate surface area is 172 Å². The van der Waals surface area contributed by atoms with Crippen LogP contribution in [0.3, 0.4) is 0 Å². The zero-order valence-corrected chi connectivity index (χ0v) is 16.9. The van der Waals surface area contributed by atoms with Gasteiger partial charge in [-0.15, -0.1) is 0 Å². The van der Waals surface area contributed by atoms with Gasteiger partial charge < -0.3 is 24.6 Å². The van der Waals surface area contributed by atoms with E-state index in [1.165, 1.54) is 12.1 Å². The lowest BCUT2D eigenvalue weighted by molar-refractivity contribution is 0.172. The van der Waals surface area contributed by atoms with Gasteiger partial charge in [0.15, 0.2) is 5.43 Å². The topological polar surface area (TPSA) is 94.1 Å². The van der Waals surface area contributed by atoms with Gasteiger partial charge in [-0.3, -0.25) is 4.79 Å².